The Morgan fingerprint density at radius 1 is 0.958 bits per heavy atom. The van der Waals surface area contributed by atoms with Crippen LogP contribution < -0.4 is 10.6 Å². The summed E-state index contributed by atoms with van der Waals surface area (Å²) in [5.41, 5.74) is 3.58. The Labute approximate surface area is 139 Å². The molecule has 0 aliphatic heterocycles. The zero-order valence-corrected chi connectivity index (χ0v) is 13.1. The van der Waals surface area contributed by atoms with Crippen molar-refractivity contribution in [2.24, 2.45) is 0 Å². The van der Waals surface area contributed by atoms with Crippen molar-refractivity contribution in [1.29, 1.82) is 0 Å². The van der Waals surface area contributed by atoms with Crippen molar-refractivity contribution in [3.63, 3.8) is 0 Å². The van der Waals surface area contributed by atoms with Gasteiger partial charge < -0.3 is 10.6 Å². The van der Waals surface area contributed by atoms with Crippen LogP contribution in [-0.4, -0.2) is 10.9 Å². The number of hydrogen-bond donors (Lipinski definition) is 2. The smallest absolute Gasteiger partial charge is 0.274 e. The Morgan fingerprint density at radius 2 is 1.71 bits per heavy atom. The van der Waals surface area contributed by atoms with E-state index in [4.69, 9.17) is 0 Å². The molecule has 3 rings (SSSR count). The molecule has 0 saturated heterocycles. The molecule has 0 unspecified atom stereocenters. The van der Waals surface area contributed by atoms with E-state index in [1.807, 2.05) is 31.2 Å². The summed E-state index contributed by atoms with van der Waals surface area (Å²) in [7, 11) is 0. The predicted molar refractivity (Wildman–Crippen MR) is 93.1 cm³/mol. The largest absolute Gasteiger partial charge is 0.354 e. The lowest BCUT2D eigenvalue weighted by atomic mass is 10.2. The number of aromatic nitrogens is 1. The molecule has 120 valence electrons. The molecule has 1 aromatic heterocycles. The molecule has 1 amide bonds. The van der Waals surface area contributed by atoms with Gasteiger partial charge in [0.2, 0.25) is 0 Å². The van der Waals surface area contributed by atoms with Crippen LogP contribution in [0.25, 0.3) is 0 Å². The highest BCUT2D eigenvalue weighted by atomic mass is 19.1. The monoisotopic (exact) mass is 321 g/mol. The fourth-order valence-corrected chi connectivity index (χ4v) is 2.22. The fraction of sp³-hybridized carbons (Fsp3) is 0.0526. The fourth-order valence-electron chi connectivity index (χ4n) is 2.22. The summed E-state index contributed by atoms with van der Waals surface area (Å²) in [4.78, 5) is 16.4. The molecule has 1 heterocycles. The number of pyridine rings is 1. The van der Waals surface area contributed by atoms with Crippen LogP contribution in [0.4, 0.5) is 21.5 Å². The minimum absolute atomic E-state index is 0.270. The SMILES string of the molecule is Cc1cccc(NC(=O)c2ccc(Nc3ccc(F)cc3)cn2)c1. The lowest BCUT2D eigenvalue weighted by molar-refractivity contribution is 0.102. The van der Waals surface area contributed by atoms with Gasteiger partial charge in [0.1, 0.15) is 11.5 Å². The molecule has 0 spiro atoms. The van der Waals surface area contributed by atoms with E-state index >= 15 is 0 Å². The van der Waals surface area contributed by atoms with Crippen molar-refractivity contribution in [2.45, 2.75) is 6.92 Å². The number of nitrogens with zero attached hydrogens (tertiary/aromatic N) is 1. The van der Waals surface area contributed by atoms with E-state index in [-0.39, 0.29) is 11.7 Å². The molecule has 2 aromatic carbocycles. The number of amides is 1. The summed E-state index contributed by atoms with van der Waals surface area (Å²) in [6, 6.07) is 17.0. The van der Waals surface area contributed by atoms with E-state index in [1.165, 1.54) is 12.1 Å². The zero-order valence-electron chi connectivity index (χ0n) is 13.1. The summed E-state index contributed by atoms with van der Waals surface area (Å²) in [6.45, 7) is 1.96. The van der Waals surface area contributed by atoms with Crippen LogP contribution in [0.1, 0.15) is 16.1 Å². The number of rotatable bonds is 4. The van der Waals surface area contributed by atoms with Crippen LogP contribution >= 0.6 is 0 Å². The predicted octanol–water partition coefficient (Wildman–Crippen LogP) is 4.53. The number of carbonyl (C=O) groups is 1. The summed E-state index contributed by atoms with van der Waals surface area (Å²) in [6.07, 6.45) is 1.56. The minimum Gasteiger partial charge on any atom is -0.354 e. The number of anilines is 3. The summed E-state index contributed by atoms with van der Waals surface area (Å²) >= 11 is 0. The number of nitrogens with one attached hydrogen (secondary N) is 2. The van der Waals surface area contributed by atoms with Gasteiger partial charge in [0.25, 0.3) is 5.91 Å². The number of carbonyl (C=O) groups excluding carboxylic acids is 1. The average molecular weight is 321 g/mol. The molecular weight excluding hydrogens is 305 g/mol. The number of benzene rings is 2. The third kappa shape index (κ3) is 3.95. The van der Waals surface area contributed by atoms with Gasteiger partial charge in [-0.2, -0.15) is 0 Å². The summed E-state index contributed by atoms with van der Waals surface area (Å²) in [5.74, 6) is -0.559. The maximum Gasteiger partial charge on any atom is 0.274 e. The van der Waals surface area contributed by atoms with Crippen LogP contribution in [0.2, 0.25) is 0 Å². The minimum atomic E-state index is -0.290. The Balaban J connectivity index is 1.67. The highest BCUT2D eigenvalue weighted by Crippen LogP contribution is 2.17. The van der Waals surface area contributed by atoms with Crippen LogP contribution in [0.5, 0.6) is 0 Å². The van der Waals surface area contributed by atoms with Crippen molar-refractivity contribution in [3.8, 4) is 0 Å². The van der Waals surface area contributed by atoms with Crippen LogP contribution in [-0.2, 0) is 0 Å². The molecule has 3 aromatic rings. The third-order valence-corrected chi connectivity index (χ3v) is 3.40. The third-order valence-electron chi connectivity index (χ3n) is 3.40. The van der Waals surface area contributed by atoms with E-state index in [0.29, 0.717) is 11.4 Å². The molecule has 24 heavy (non-hydrogen) atoms. The number of aryl methyl sites for hydroxylation is 1. The average Bonchev–Trinajstić information content (AvgIpc) is 2.57. The quantitative estimate of drug-likeness (QED) is 0.742. The first-order chi connectivity index (χ1) is 11.6. The molecule has 5 heteroatoms. The van der Waals surface area contributed by atoms with E-state index in [0.717, 1.165) is 16.9 Å². The first kappa shape index (κ1) is 15.7. The highest BCUT2D eigenvalue weighted by molar-refractivity contribution is 6.03. The molecular formula is C19H16FN3O. The number of hydrogen-bond acceptors (Lipinski definition) is 3. The second kappa shape index (κ2) is 6.91. The van der Waals surface area contributed by atoms with Gasteiger partial charge in [-0.3, -0.25) is 4.79 Å². The molecule has 0 aliphatic rings. The van der Waals surface area contributed by atoms with Gasteiger partial charge in [0.15, 0.2) is 0 Å². The lowest BCUT2D eigenvalue weighted by Crippen LogP contribution is -2.13. The van der Waals surface area contributed by atoms with Crippen molar-refractivity contribution in [1.82, 2.24) is 4.98 Å². The van der Waals surface area contributed by atoms with E-state index in [2.05, 4.69) is 15.6 Å². The van der Waals surface area contributed by atoms with Crippen LogP contribution in [0.3, 0.4) is 0 Å². The zero-order chi connectivity index (χ0) is 16.9. The van der Waals surface area contributed by atoms with Crippen molar-refractivity contribution in [2.75, 3.05) is 10.6 Å². The number of halogens is 1. The van der Waals surface area contributed by atoms with Gasteiger partial charge in [0.05, 0.1) is 11.9 Å². The summed E-state index contributed by atoms with van der Waals surface area (Å²) < 4.78 is 12.9. The van der Waals surface area contributed by atoms with Gasteiger partial charge in [-0.05, 0) is 61.0 Å². The topological polar surface area (TPSA) is 54.0 Å². The Morgan fingerprint density at radius 3 is 2.38 bits per heavy atom. The van der Waals surface area contributed by atoms with Gasteiger partial charge in [0, 0.05) is 11.4 Å². The molecule has 0 saturated carbocycles. The molecule has 0 fully saturated rings. The van der Waals surface area contributed by atoms with Crippen molar-refractivity contribution in [3.05, 3.63) is 83.9 Å². The first-order valence-corrected chi connectivity index (χ1v) is 7.47. The van der Waals surface area contributed by atoms with Crippen LogP contribution in [0, 0.1) is 12.7 Å². The Hall–Kier alpha value is -3.21. The molecule has 4 nitrogen and oxygen atoms in total. The van der Waals surface area contributed by atoms with Crippen LogP contribution in [0.15, 0.2) is 66.9 Å². The van der Waals surface area contributed by atoms with Gasteiger partial charge in [-0.1, -0.05) is 12.1 Å². The molecule has 0 atom stereocenters. The first-order valence-electron chi connectivity index (χ1n) is 7.47. The normalized spacial score (nSPS) is 10.2. The standard InChI is InChI=1S/C19H16FN3O/c1-13-3-2-4-16(11-13)23-19(24)18-10-9-17(12-21-18)22-15-7-5-14(20)6-8-15/h2-12,22H,1H3,(H,23,24). The van der Waals surface area contributed by atoms with E-state index in [9.17, 15) is 9.18 Å². The van der Waals surface area contributed by atoms with Gasteiger partial charge >= 0.3 is 0 Å². The highest BCUT2D eigenvalue weighted by Gasteiger charge is 2.08. The Kier molecular flexibility index (Phi) is 4.52. The lowest BCUT2D eigenvalue weighted by Gasteiger charge is -2.08. The molecule has 0 radical (unpaired) electrons. The molecule has 0 bridgehead atoms. The second-order valence-electron chi connectivity index (χ2n) is 5.39. The van der Waals surface area contributed by atoms with E-state index in [1.54, 1.807) is 30.5 Å². The van der Waals surface area contributed by atoms with Gasteiger partial charge in [-0.15, -0.1) is 0 Å². The maximum atomic E-state index is 12.9. The van der Waals surface area contributed by atoms with Gasteiger partial charge in [-0.25, -0.2) is 9.37 Å². The summed E-state index contributed by atoms with van der Waals surface area (Å²) in [5, 5.41) is 5.90. The van der Waals surface area contributed by atoms with Crippen molar-refractivity contribution < 1.29 is 9.18 Å². The second-order valence-corrected chi connectivity index (χ2v) is 5.39. The Bertz CT molecular complexity index is 845. The molecule has 0 aliphatic carbocycles. The van der Waals surface area contributed by atoms with Crippen molar-refractivity contribution >= 4 is 23.0 Å². The molecule has 2 N–H and O–H groups in total. The maximum absolute atomic E-state index is 12.9. The van der Waals surface area contributed by atoms with E-state index < -0.39 is 0 Å².